The van der Waals surface area contributed by atoms with Gasteiger partial charge in [-0.2, -0.15) is 10.2 Å². The second-order valence-electron chi connectivity index (χ2n) is 9.46. The van der Waals surface area contributed by atoms with Gasteiger partial charge in [0.25, 0.3) is 5.91 Å². The van der Waals surface area contributed by atoms with Crippen molar-refractivity contribution in [1.82, 2.24) is 20.3 Å². The predicted octanol–water partition coefficient (Wildman–Crippen LogP) is 4.48. The van der Waals surface area contributed by atoms with Crippen LogP contribution in [-0.2, 0) is 6.54 Å². The molecule has 0 spiro atoms. The van der Waals surface area contributed by atoms with Crippen molar-refractivity contribution in [3.8, 4) is 6.07 Å². The Morgan fingerprint density at radius 1 is 1.27 bits per heavy atom. The maximum absolute atomic E-state index is 13.0. The van der Waals surface area contributed by atoms with Gasteiger partial charge in [0, 0.05) is 30.4 Å². The van der Waals surface area contributed by atoms with Crippen molar-refractivity contribution in [2.45, 2.75) is 59.9 Å². The van der Waals surface area contributed by atoms with Crippen molar-refractivity contribution in [2.24, 2.45) is 11.8 Å². The van der Waals surface area contributed by atoms with E-state index in [-0.39, 0.29) is 17.6 Å². The Balaban J connectivity index is 1.64. The molecule has 0 unspecified atom stereocenters. The number of hydrazine groups is 1. The molecular weight excluding hydrogens is 412 g/mol. The molecule has 1 amide bonds. The number of piperidine rings is 1. The van der Waals surface area contributed by atoms with Gasteiger partial charge < -0.3 is 0 Å². The van der Waals surface area contributed by atoms with E-state index in [1.54, 1.807) is 11.2 Å². The Morgan fingerprint density at radius 3 is 2.58 bits per heavy atom. The van der Waals surface area contributed by atoms with E-state index in [4.69, 9.17) is 0 Å². The number of nitriles is 1. The van der Waals surface area contributed by atoms with Crippen LogP contribution >= 0.6 is 0 Å². The molecule has 2 heterocycles. The Hall–Kier alpha value is -2.98. The van der Waals surface area contributed by atoms with Crippen LogP contribution in [0.4, 0.5) is 5.82 Å². The number of anilines is 1. The lowest BCUT2D eigenvalue weighted by molar-refractivity contribution is 0.0947. The molecule has 33 heavy (non-hydrogen) atoms. The van der Waals surface area contributed by atoms with Crippen LogP contribution in [0.2, 0.25) is 0 Å². The number of aryl methyl sites for hydroxylation is 1. The SMILES string of the molecule is CCCC1CCN(Cc2ccc(C(=O)NN(CC(C)C)c3nc(C#N)ncc3C)cc2)CC1. The average molecular weight is 449 g/mol. The summed E-state index contributed by atoms with van der Waals surface area (Å²) in [4.78, 5) is 23.8. The molecule has 176 valence electrons. The minimum atomic E-state index is -0.195. The molecule has 0 bridgehead atoms. The molecule has 1 aromatic carbocycles. The number of hydrogen-bond acceptors (Lipinski definition) is 6. The van der Waals surface area contributed by atoms with Gasteiger partial charge in [0.15, 0.2) is 5.82 Å². The van der Waals surface area contributed by atoms with E-state index in [9.17, 15) is 10.1 Å². The smallest absolute Gasteiger partial charge is 0.269 e. The Bertz CT molecular complexity index is 958. The predicted molar refractivity (Wildman–Crippen MR) is 130 cm³/mol. The Morgan fingerprint density at radius 2 is 1.97 bits per heavy atom. The standard InChI is InChI=1S/C26H36N6O/c1-5-6-21-11-13-31(14-12-21)18-22-7-9-23(10-8-22)26(33)30-32(17-19(2)3)25-20(4)16-28-24(15-27)29-25/h7-10,16,19,21H,5-6,11-14,17-18H2,1-4H3,(H,30,33). The fraction of sp³-hybridized carbons (Fsp3) is 0.538. The molecule has 3 rings (SSSR count). The summed E-state index contributed by atoms with van der Waals surface area (Å²) in [6, 6.07) is 9.83. The highest BCUT2D eigenvalue weighted by molar-refractivity contribution is 5.95. The highest BCUT2D eigenvalue weighted by Gasteiger charge is 2.20. The number of amides is 1. The third kappa shape index (κ3) is 7.00. The summed E-state index contributed by atoms with van der Waals surface area (Å²) in [5, 5.41) is 10.9. The molecule has 7 heteroatoms. The summed E-state index contributed by atoms with van der Waals surface area (Å²) < 4.78 is 0. The summed E-state index contributed by atoms with van der Waals surface area (Å²) in [5.41, 5.74) is 5.60. The molecule has 1 aliphatic heterocycles. The molecule has 0 saturated carbocycles. The summed E-state index contributed by atoms with van der Waals surface area (Å²) in [6.07, 6.45) is 6.81. The zero-order chi connectivity index (χ0) is 23.8. The number of aromatic nitrogens is 2. The maximum atomic E-state index is 13.0. The number of likely N-dealkylation sites (tertiary alicyclic amines) is 1. The van der Waals surface area contributed by atoms with Gasteiger partial charge in [0.05, 0.1) is 0 Å². The quantitative estimate of drug-likeness (QED) is 0.570. The lowest BCUT2D eigenvalue weighted by atomic mass is 9.92. The Labute approximate surface area is 197 Å². The van der Waals surface area contributed by atoms with Gasteiger partial charge >= 0.3 is 0 Å². The molecule has 1 aliphatic rings. The third-order valence-electron chi connectivity index (χ3n) is 6.11. The van der Waals surface area contributed by atoms with Crippen molar-refractivity contribution in [2.75, 3.05) is 24.6 Å². The first-order chi connectivity index (χ1) is 15.9. The van der Waals surface area contributed by atoms with Gasteiger partial charge in [-0.15, -0.1) is 0 Å². The van der Waals surface area contributed by atoms with Crippen LogP contribution in [0.25, 0.3) is 0 Å². The number of rotatable bonds is 9. The molecule has 0 atom stereocenters. The van der Waals surface area contributed by atoms with Crippen LogP contribution in [0.1, 0.15) is 73.8 Å². The molecule has 0 aliphatic carbocycles. The number of carbonyl (C=O) groups is 1. The Kier molecular flexibility index (Phi) is 8.79. The van der Waals surface area contributed by atoms with E-state index in [1.165, 1.54) is 31.2 Å². The molecule has 1 N–H and O–H groups in total. The summed E-state index contributed by atoms with van der Waals surface area (Å²) >= 11 is 0. The van der Waals surface area contributed by atoms with Crippen molar-refractivity contribution < 1.29 is 4.79 Å². The molecule has 1 fully saturated rings. The van der Waals surface area contributed by atoms with Crippen LogP contribution in [0.5, 0.6) is 0 Å². The largest absolute Gasteiger partial charge is 0.299 e. The van der Waals surface area contributed by atoms with Gasteiger partial charge in [0.1, 0.15) is 6.07 Å². The highest BCUT2D eigenvalue weighted by atomic mass is 16.2. The number of carbonyl (C=O) groups excluding carboxylic acids is 1. The number of nitrogens with one attached hydrogen (secondary N) is 1. The molecular formula is C26H36N6O. The van der Waals surface area contributed by atoms with E-state index in [0.717, 1.165) is 31.1 Å². The van der Waals surface area contributed by atoms with E-state index in [1.807, 2.05) is 37.3 Å². The second-order valence-corrected chi connectivity index (χ2v) is 9.46. The van der Waals surface area contributed by atoms with Gasteiger partial charge in [-0.3, -0.25) is 20.1 Å². The number of benzene rings is 1. The van der Waals surface area contributed by atoms with E-state index >= 15 is 0 Å². The first-order valence-corrected chi connectivity index (χ1v) is 12.0. The molecule has 7 nitrogen and oxygen atoms in total. The lowest BCUT2D eigenvalue weighted by Crippen LogP contribution is -2.45. The second kappa shape index (κ2) is 11.8. The van der Waals surface area contributed by atoms with Gasteiger partial charge in [-0.25, -0.2) is 4.98 Å². The monoisotopic (exact) mass is 448 g/mol. The van der Waals surface area contributed by atoms with Crippen LogP contribution in [0.15, 0.2) is 30.5 Å². The van der Waals surface area contributed by atoms with Crippen LogP contribution in [0.3, 0.4) is 0 Å². The number of nitrogens with zero attached hydrogens (tertiary/aromatic N) is 5. The topological polar surface area (TPSA) is 85.2 Å². The van der Waals surface area contributed by atoms with Crippen LogP contribution in [0, 0.1) is 30.1 Å². The van der Waals surface area contributed by atoms with Crippen LogP contribution < -0.4 is 10.4 Å². The van der Waals surface area contributed by atoms with Crippen molar-refractivity contribution in [3.05, 3.63) is 53.0 Å². The van der Waals surface area contributed by atoms with Crippen molar-refractivity contribution in [1.29, 1.82) is 5.26 Å². The van der Waals surface area contributed by atoms with Crippen molar-refractivity contribution >= 4 is 11.7 Å². The molecule has 1 saturated heterocycles. The fourth-order valence-corrected chi connectivity index (χ4v) is 4.36. The highest BCUT2D eigenvalue weighted by Crippen LogP contribution is 2.23. The summed E-state index contributed by atoms with van der Waals surface area (Å²) in [5.74, 6) is 1.61. The molecule has 2 aromatic rings. The third-order valence-corrected chi connectivity index (χ3v) is 6.11. The summed E-state index contributed by atoms with van der Waals surface area (Å²) in [7, 11) is 0. The van der Waals surface area contributed by atoms with Gasteiger partial charge in [0.2, 0.25) is 5.82 Å². The maximum Gasteiger partial charge on any atom is 0.269 e. The first kappa shape index (κ1) is 24.7. The normalized spacial score (nSPS) is 14.8. The van der Waals surface area contributed by atoms with Crippen LogP contribution in [-0.4, -0.2) is 40.4 Å². The van der Waals surface area contributed by atoms with Crippen molar-refractivity contribution in [3.63, 3.8) is 0 Å². The van der Waals surface area contributed by atoms with E-state index in [2.05, 4.69) is 41.1 Å². The minimum Gasteiger partial charge on any atom is -0.299 e. The zero-order valence-corrected chi connectivity index (χ0v) is 20.3. The van der Waals surface area contributed by atoms with E-state index < -0.39 is 0 Å². The molecule has 0 radical (unpaired) electrons. The summed E-state index contributed by atoms with van der Waals surface area (Å²) in [6.45, 7) is 12.1. The number of hydrogen-bond donors (Lipinski definition) is 1. The van der Waals surface area contributed by atoms with E-state index in [0.29, 0.717) is 17.9 Å². The average Bonchev–Trinajstić information content (AvgIpc) is 2.80. The lowest BCUT2D eigenvalue weighted by Gasteiger charge is -2.31. The molecule has 1 aromatic heterocycles. The van der Waals surface area contributed by atoms with Gasteiger partial charge in [-0.1, -0.05) is 45.7 Å². The zero-order valence-electron chi connectivity index (χ0n) is 20.3. The van der Waals surface area contributed by atoms with Gasteiger partial charge in [-0.05, 0) is 62.4 Å². The first-order valence-electron chi connectivity index (χ1n) is 12.0. The fourth-order valence-electron chi connectivity index (χ4n) is 4.36. The minimum absolute atomic E-state index is 0.0849.